The molecule has 2 N–H and O–H groups in total. The van der Waals surface area contributed by atoms with Gasteiger partial charge in [0, 0.05) is 24.8 Å². The SMILES string of the molecule is Cc1ccc(C(=O)O)cc1Nc1ccc(S(=O)(=O)N2CCCCC2)cc1[N+](=O)[O-]. The predicted octanol–water partition coefficient (Wildman–Crippen LogP) is 3.52. The van der Waals surface area contributed by atoms with Gasteiger partial charge in [-0.1, -0.05) is 12.5 Å². The molecular formula is C19H21N3O6S. The molecule has 3 rings (SSSR count). The molecule has 2 aromatic rings. The van der Waals surface area contributed by atoms with Gasteiger partial charge in [0.2, 0.25) is 10.0 Å². The van der Waals surface area contributed by atoms with E-state index in [1.165, 1.54) is 28.6 Å². The average molecular weight is 419 g/mol. The number of aryl methyl sites for hydroxylation is 1. The largest absolute Gasteiger partial charge is 0.478 e. The fourth-order valence-corrected chi connectivity index (χ4v) is 4.76. The molecule has 2 aromatic carbocycles. The van der Waals surface area contributed by atoms with Crippen LogP contribution < -0.4 is 5.32 Å². The number of hydrogen-bond acceptors (Lipinski definition) is 6. The third-order valence-corrected chi connectivity index (χ3v) is 6.77. The molecule has 0 spiro atoms. The number of sulfonamides is 1. The van der Waals surface area contributed by atoms with Gasteiger partial charge in [0.15, 0.2) is 0 Å². The van der Waals surface area contributed by atoms with Gasteiger partial charge in [-0.25, -0.2) is 13.2 Å². The second-order valence-corrected chi connectivity index (χ2v) is 8.80. The lowest BCUT2D eigenvalue weighted by atomic mass is 10.1. The highest BCUT2D eigenvalue weighted by Gasteiger charge is 2.28. The van der Waals surface area contributed by atoms with Crippen LogP contribution in [-0.2, 0) is 10.0 Å². The Morgan fingerprint density at radius 3 is 2.41 bits per heavy atom. The summed E-state index contributed by atoms with van der Waals surface area (Å²) in [6, 6.07) is 8.11. The number of piperidine rings is 1. The van der Waals surface area contributed by atoms with Crippen LogP contribution in [0.15, 0.2) is 41.3 Å². The van der Waals surface area contributed by atoms with Crippen LogP contribution in [0.5, 0.6) is 0 Å². The first-order valence-electron chi connectivity index (χ1n) is 9.10. The van der Waals surface area contributed by atoms with Crippen LogP contribution in [0.3, 0.4) is 0 Å². The van der Waals surface area contributed by atoms with Crippen molar-refractivity contribution in [2.75, 3.05) is 18.4 Å². The van der Waals surface area contributed by atoms with E-state index in [4.69, 9.17) is 5.11 Å². The third-order valence-electron chi connectivity index (χ3n) is 4.87. The van der Waals surface area contributed by atoms with Gasteiger partial charge in [0.05, 0.1) is 15.4 Å². The Hall–Kier alpha value is -2.98. The molecule has 10 heteroatoms. The molecule has 0 atom stereocenters. The highest BCUT2D eigenvalue weighted by molar-refractivity contribution is 7.89. The van der Waals surface area contributed by atoms with E-state index in [-0.39, 0.29) is 16.1 Å². The van der Waals surface area contributed by atoms with Crippen molar-refractivity contribution in [3.8, 4) is 0 Å². The molecule has 1 fully saturated rings. The van der Waals surface area contributed by atoms with Gasteiger partial charge in [-0.2, -0.15) is 4.31 Å². The molecule has 29 heavy (non-hydrogen) atoms. The van der Waals surface area contributed by atoms with Crippen LogP contribution >= 0.6 is 0 Å². The van der Waals surface area contributed by atoms with Gasteiger partial charge >= 0.3 is 5.97 Å². The number of aromatic carboxylic acids is 1. The second-order valence-electron chi connectivity index (χ2n) is 6.86. The molecule has 0 aliphatic carbocycles. The Kier molecular flexibility index (Phi) is 5.85. The van der Waals surface area contributed by atoms with Crippen molar-refractivity contribution >= 4 is 33.1 Å². The standard InChI is InChI=1S/C19H21N3O6S/c1-13-5-6-14(19(23)24)11-17(13)20-16-8-7-15(12-18(16)22(25)26)29(27,28)21-9-3-2-4-10-21/h5-8,11-12,20H,2-4,9-10H2,1H3,(H,23,24). The Morgan fingerprint density at radius 2 is 1.79 bits per heavy atom. The van der Waals surface area contributed by atoms with E-state index < -0.39 is 26.6 Å². The number of nitrogens with zero attached hydrogens (tertiary/aromatic N) is 2. The average Bonchev–Trinajstić information content (AvgIpc) is 2.70. The zero-order chi connectivity index (χ0) is 21.2. The number of benzene rings is 2. The number of nitrogens with one attached hydrogen (secondary N) is 1. The summed E-state index contributed by atoms with van der Waals surface area (Å²) in [6.45, 7) is 2.53. The second kappa shape index (κ2) is 8.18. The Bertz CT molecular complexity index is 1060. The number of anilines is 2. The monoisotopic (exact) mass is 419 g/mol. The molecule has 154 valence electrons. The first-order valence-corrected chi connectivity index (χ1v) is 10.5. The summed E-state index contributed by atoms with van der Waals surface area (Å²) in [6.07, 6.45) is 2.49. The minimum Gasteiger partial charge on any atom is -0.478 e. The summed E-state index contributed by atoms with van der Waals surface area (Å²) in [5.74, 6) is -1.12. The summed E-state index contributed by atoms with van der Waals surface area (Å²) in [7, 11) is -3.81. The Morgan fingerprint density at radius 1 is 1.10 bits per heavy atom. The molecule has 0 aromatic heterocycles. The molecule has 0 amide bonds. The van der Waals surface area contributed by atoms with E-state index in [0.29, 0.717) is 24.3 Å². The highest BCUT2D eigenvalue weighted by Crippen LogP contribution is 2.33. The van der Waals surface area contributed by atoms with Gasteiger partial charge in [-0.15, -0.1) is 0 Å². The van der Waals surface area contributed by atoms with Crippen LogP contribution in [0.25, 0.3) is 0 Å². The lowest BCUT2D eigenvalue weighted by molar-refractivity contribution is -0.384. The van der Waals surface area contributed by atoms with Gasteiger partial charge in [-0.05, 0) is 49.6 Å². The number of rotatable bonds is 6. The molecule has 0 bridgehead atoms. The van der Waals surface area contributed by atoms with E-state index >= 15 is 0 Å². The smallest absolute Gasteiger partial charge is 0.335 e. The maximum absolute atomic E-state index is 12.8. The molecule has 1 heterocycles. The molecule has 0 saturated carbocycles. The third kappa shape index (κ3) is 4.38. The molecule has 1 saturated heterocycles. The Balaban J connectivity index is 1.98. The van der Waals surface area contributed by atoms with Gasteiger partial charge in [-0.3, -0.25) is 10.1 Å². The fourth-order valence-electron chi connectivity index (χ4n) is 3.22. The van der Waals surface area contributed by atoms with Crippen molar-refractivity contribution in [1.82, 2.24) is 4.31 Å². The van der Waals surface area contributed by atoms with Crippen molar-refractivity contribution in [3.63, 3.8) is 0 Å². The van der Waals surface area contributed by atoms with Crippen LogP contribution in [-0.4, -0.2) is 41.8 Å². The quantitative estimate of drug-likeness (QED) is 0.541. The maximum Gasteiger partial charge on any atom is 0.335 e. The number of carbonyl (C=O) groups is 1. The summed E-state index contributed by atoms with van der Waals surface area (Å²) < 4.78 is 27.0. The van der Waals surface area contributed by atoms with Gasteiger partial charge < -0.3 is 10.4 Å². The zero-order valence-electron chi connectivity index (χ0n) is 15.8. The molecule has 0 radical (unpaired) electrons. The van der Waals surface area contributed by atoms with Crippen LogP contribution in [0.4, 0.5) is 17.1 Å². The van der Waals surface area contributed by atoms with Gasteiger partial charge in [0.25, 0.3) is 5.69 Å². The summed E-state index contributed by atoms with van der Waals surface area (Å²) in [5.41, 5.74) is 0.792. The molecule has 9 nitrogen and oxygen atoms in total. The van der Waals surface area contributed by atoms with Crippen molar-refractivity contribution in [2.24, 2.45) is 0 Å². The van der Waals surface area contributed by atoms with E-state index in [9.17, 15) is 23.3 Å². The van der Waals surface area contributed by atoms with Crippen LogP contribution in [0.2, 0.25) is 0 Å². The van der Waals surface area contributed by atoms with Crippen LogP contribution in [0.1, 0.15) is 35.2 Å². The van der Waals surface area contributed by atoms with E-state index in [1.807, 2.05) is 0 Å². The first-order chi connectivity index (χ1) is 13.7. The van der Waals surface area contributed by atoms with Crippen molar-refractivity contribution in [2.45, 2.75) is 31.1 Å². The minimum absolute atomic E-state index is 0.0325. The summed E-state index contributed by atoms with van der Waals surface area (Å²) in [5, 5.41) is 23.6. The molecular weight excluding hydrogens is 398 g/mol. The summed E-state index contributed by atoms with van der Waals surface area (Å²) in [4.78, 5) is 22.0. The number of carboxylic acids is 1. The fraction of sp³-hybridized carbons (Fsp3) is 0.316. The van der Waals surface area contributed by atoms with Crippen LogP contribution in [0, 0.1) is 17.0 Å². The summed E-state index contributed by atoms with van der Waals surface area (Å²) >= 11 is 0. The maximum atomic E-state index is 12.8. The zero-order valence-corrected chi connectivity index (χ0v) is 16.6. The molecule has 0 unspecified atom stereocenters. The van der Waals surface area contributed by atoms with Crippen molar-refractivity contribution in [1.29, 1.82) is 0 Å². The normalized spacial score (nSPS) is 15.1. The first kappa shape index (κ1) is 20.7. The molecule has 1 aliphatic rings. The van der Waals surface area contributed by atoms with E-state index in [1.54, 1.807) is 13.0 Å². The van der Waals surface area contributed by atoms with Crippen molar-refractivity contribution in [3.05, 3.63) is 57.6 Å². The van der Waals surface area contributed by atoms with E-state index in [0.717, 1.165) is 25.3 Å². The lowest BCUT2D eigenvalue weighted by Gasteiger charge is -2.25. The number of nitro benzene ring substituents is 1. The highest BCUT2D eigenvalue weighted by atomic mass is 32.2. The number of hydrogen-bond donors (Lipinski definition) is 2. The number of carboxylic acid groups (broad SMARTS) is 1. The predicted molar refractivity (Wildman–Crippen MR) is 107 cm³/mol. The Labute approximate surface area is 168 Å². The topological polar surface area (TPSA) is 130 Å². The van der Waals surface area contributed by atoms with Gasteiger partial charge in [0.1, 0.15) is 5.69 Å². The molecule has 1 aliphatic heterocycles. The lowest BCUT2D eigenvalue weighted by Crippen LogP contribution is -2.35. The number of nitro groups is 1. The van der Waals surface area contributed by atoms with Crippen molar-refractivity contribution < 1.29 is 23.2 Å². The van der Waals surface area contributed by atoms with E-state index in [2.05, 4.69) is 5.32 Å². The minimum atomic E-state index is -3.81.